The van der Waals surface area contributed by atoms with Crippen molar-refractivity contribution in [2.24, 2.45) is 5.73 Å². The summed E-state index contributed by atoms with van der Waals surface area (Å²) < 4.78 is 5.24. The molecule has 0 saturated carbocycles. The maximum absolute atomic E-state index is 5.88. The topological polar surface area (TPSA) is 48.1 Å². The Hall–Kier alpha value is -1.91. The van der Waals surface area contributed by atoms with Crippen molar-refractivity contribution in [3.63, 3.8) is 0 Å². The van der Waals surface area contributed by atoms with Gasteiger partial charge in [0, 0.05) is 22.7 Å². The molecule has 3 aromatic rings. The molecule has 0 radical (unpaired) electrons. The average molecular weight is 284 g/mol. The van der Waals surface area contributed by atoms with Gasteiger partial charge in [0.15, 0.2) is 0 Å². The quantitative estimate of drug-likeness (QED) is 0.791. The molecule has 3 rings (SSSR count). The van der Waals surface area contributed by atoms with Crippen LogP contribution in [0.25, 0.3) is 21.3 Å². The highest BCUT2D eigenvalue weighted by molar-refractivity contribution is 7.15. The minimum atomic E-state index is 0.0333. The van der Waals surface area contributed by atoms with Gasteiger partial charge in [0.2, 0.25) is 0 Å². The van der Waals surface area contributed by atoms with E-state index in [9.17, 15) is 0 Å². The lowest BCUT2D eigenvalue weighted by molar-refractivity contribution is 0.415. The SMILES string of the molecule is COc1ccc2cc(-c3ncc(C(C)N)s3)ccc2c1. The fourth-order valence-corrected chi connectivity index (χ4v) is 2.98. The molecule has 1 atom stereocenters. The van der Waals surface area contributed by atoms with Gasteiger partial charge in [0.05, 0.1) is 7.11 Å². The van der Waals surface area contributed by atoms with Crippen molar-refractivity contribution >= 4 is 22.1 Å². The fourth-order valence-electron chi connectivity index (χ4n) is 2.11. The first-order valence-electron chi connectivity index (χ1n) is 6.47. The number of rotatable bonds is 3. The van der Waals surface area contributed by atoms with Gasteiger partial charge in [-0.1, -0.05) is 18.2 Å². The van der Waals surface area contributed by atoms with E-state index < -0.39 is 0 Å². The molecule has 0 aliphatic heterocycles. The van der Waals surface area contributed by atoms with Crippen LogP contribution in [0.3, 0.4) is 0 Å². The number of hydrogen-bond acceptors (Lipinski definition) is 4. The summed E-state index contributed by atoms with van der Waals surface area (Å²) in [5.74, 6) is 0.874. The smallest absolute Gasteiger partial charge is 0.123 e. The van der Waals surface area contributed by atoms with E-state index in [2.05, 4.69) is 29.2 Å². The van der Waals surface area contributed by atoms with Crippen molar-refractivity contribution < 1.29 is 4.74 Å². The number of benzene rings is 2. The monoisotopic (exact) mass is 284 g/mol. The van der Waals surface area contributed by atoms with Crippen LogP contribution in [0.4, 0.5) is 0 Å². The molecule has 2 N–H and O–H groups in total. The van der Waals surface area contributed by atoms with Gasteiger partial charge in [-0.25, -0.2) is 4.98 Å². The van der Waals surface area contributed by atoms with Crippen molar-refractivity contribution in [3.8, 4) is 16.3 Å². The third kappa shape index (κ3) is 2.40. The number of nitrogens with zero attached hydrogens (tertiary/aromatic N) is 1. The molecule has 2 aromatic carbocycles. The zero-order chi connectivity index (χ0) is 14.1. The van der Waals surface area contributed by atoms with Crippen LogP contribution in [0.5, 0.6) is 5.75 Å². The summed E-state index contributed by atoms with van der Waals surface area (Å²) in [7, 11) is 1.68. The summed E-state index contributed by atoms with van der Waals surface area (Å²) in [6.45, 7) is 1.98. The second-order valence-electron chi connectivity index (χ2n) is 4.78. The largest absolute Gasteiger partial charge is 0.497 e. The van der Waals surface area contributed by atoms with Crippen LogP contribution < -0.4 is 10.5 Å². The van der Waals surface area contributed by atoms with E-state index in [1.165, 1.54) is 5.39 Å². The molecule has 3 nitrogen and oxygen atoms in total. The molecule has 0 saturated heterocycles. The minimum absolute atomic E-state index is 0.0333. The number of ether oxygens (including phenoxy) is 1. The van der Waals surface area contributed by atoms with Gasteiger partial charge in [-0.2, -0.15) is 0 Å². The first-order valence-corrected chi connectivity index (χ1v) is 7.28. The van der Waals surface area contributed by atoms with Crippen molar-refractivity contribution in [2.75, 3.05) is 7.11 Å². The molecule has 1 heterocycles. The van der Waals surface area contributed by atoms with E-state index in [1.807, 2.05) is 25.3 Å². The van der Waals surface area contributed by atoms with Gasteiger partial charge < -0.3 is 10.5 Å². The van der Waals surface area contributed by atoms with Crippen LogP contribution in [-0.2, 0) is 0 Å². The lowest BCUT2D eigenvalue weighted by Gasteiger charge is -2.04. The number of fused-ring (bicyclic) bond motifs is 1. The molecule has 0 aliphatic rings. The Balaban J connectivity index is 2.03. The van der Waals surface area contributed by atoms with Crippen molar-refractivity contribution in [1.29, 1.82) is 0 Å². The maximum atomic E-state index is 5.88. The molecule has 102 valence electrons. The molecule has 0 amide bonds. The second kappa shape index (κ2) is 5.23. The zero-order valence-electron chi connectivity index (χ0n) is 11.5. The lowest BCUT2D eigenvalue weighted by Crippen LogP contribution is -2.01. The number of thiazole rings is 1. The first kappa shape index (κ1) is 13.1. The van der Waals surface area contributed by atoms with Crippen LogP contribution in [-0.4, -0.2) is 12.1 Å². The molecule has 0 bridgehead atoms. The fraction of sp³-hybridized carbons (Fsp3) is 0.188. The summed E-state index contributed by atoms with van der Waals surface area (Å²) >= 11 is 1.65. The summed E-state index contributed by atoms with van der Waals surface area (Å²) in [5.41, 5.74) is 7.01. The van der Waals surface area contributed by atoms with Crippen LogP contribution in [0.15, 0.2) is 42.6 Å². The predicted molar refractivity (Wildman–Crippen MR) is 84.2 cm³/mol. The molecular weight excluding hydrogens is 268 g/mol. The Kier molecular flexibility index (Phi) is 3.42. The molecule has 1 unspecified atom stereocenters. The standard InChI is InChI=1S/C16H16N2OS/c1-10(17)15-9-18-16(20-15)13-4-3-12-8-14(19-2)6-5-11(12)7-13/h3-10H,17H2,1-2H3. The Bertz CT molecular complexity index is 749. The van der Waals surface area contributed by atoms with E-state index in [0.717, 1.165) is 26.6 Å². The molecule has 20 heavy (non-hydrogen) atoms. The Labute approximate surface area is 122 Å². The average Bonchev–Trinajstić information content (AvgIpc) is 2.96. The van der Waals surface area contributed by atoms with Gasteiger partial charge in [0.25, 0.3) is 0 Å². The number of hydrogen-bond donors (Lipinski definition) is 1. The third-order valence-electron chi connectivity index (χ3n) is 3.27. The molecular formula is C16H16N2OS. The predicted octanol–water partition coefficient (Wildman–Crippen LogP) is 3.99. The molecule has 0 aliphatic carbocycles. The maximum Gasteiger partial charge on any atom is 0.123 e. The minimum Gasteiger partial charge on any atom is -0.497 e. The molecule has 4 heteroatoms. The number of nitrogens with two attached hydrogens (primary N) is 1. The van der Waals surface area contributed by atoms with Crippen LogP contribution in [0.1, 0.15) is 17.8 Å². The van der Waals surface area contributed by atoms with E-state index in [-0.39, 0.29) is 6.04 Å². The van der Waals surface area contributed by atoms with Crippen molar-refractivity contribution in [3.05, 3.63) is 47.5 Å². The normalized spacial score (nSPS) is 12.6. The van der Waals surface area contributed by atoms with E-state index >= 15 is 0 Å². The second-order valence-corrected chi connectivity index (χ2v) is 5.85. The summed E-state index contributed by atoms with van der Waals surface area (Å²) in [6.07, 6.45) is 1.86. The number of aromatic nitrogens is 1. The van der Waals surface area contributed by atoms with Crippen molar-refractivity contribution in [2.45, 2.75) is 13.0 Å². The number of methoxy groups -OCH3 is 1. The summed E-state index contributed by atoms with van der Waals surface area (Å²) in [6, 6.07) is 12.4. The van der Waals surface area contributed by atoms with Gasteiger partial charge in [-0.05, 0) is 35.9 Å². The summed E-state index contributed by atoms with van der Waals surface area (Å²) in [5, 5.41) is 3.35. The molecule has 0 spiro atoms. The lowest BCUT2D eigenvalue weighted by atomic mass is 10.1. The van der Waals surface area contributed by atoms with Crippen LogP contribution in [0, 0.1) is 0 Å². The summed E-state index contributed by atoms with van der Waals surface area (Å²) in [4.78, 5) is 5.57. The highest BCUT2D eigenvalue weighted by Crippen LogP contribution is 2.31. The zero-order valence-corrected chi connectivity index (χ0v) is 12.3. The highest BCUT2D eigenvalue weighted by atomic mass is 32.1. The van der Waals surface area contributed by atoms with Crippen LogP contribution in [0.2, 0.25) is 0 Å². The van der Waals surface area contributed by atoms with E-state index in [1.54, 1.807) is 18.4 Å². The third-order valence-corrected chi connectivity index (χ3v) is 4.51. The Morgan fingerprint density at radius 2 is 1.90 bits per heavy atom. The van der Waals surface area contributed by atoms with E-state index in [0.29, 0.717) is 0 Å². The van der Waals surface area contributed by atoms with Gasteiger partial charge in [-0.3, -0.25) is 0 Å². The Morgan fingerprint density at radius 3 is 2.60 bits per heavy atom. The van der Waals surface area contributed by atoms with Crippen molar-refractivity contribution in [1.82, 2.24) is 4.98 Å². The van der Waals surface area contributed by atoms with Gasteiger partial charge in [0.1, 0.15) is 10.8 Å². The molecule has 0 fully saturated rings. The molecule has 1 aromatic heterocycles. The van der Waals surface area contributed by atoms with Crippen LogP contribution >= 0.6 is 11.3 Å². The van der Waals surface area contributed by atoms with E-state index in [4.69, 9.17) is 10.5 Å². The Morgan fingerprint density at radius 1 is 1.15 bits per heavy atom. The van der Waals surface area contributed by atoms with Gasteiger partial charge >= 0.3 is 0 Å². The van der Waals surface area contributed by atoms with Gasteiger partial charge in [-0.15, -0.1) is 11.3 Å². The highest BCUT2D eigenvalue weighted by Gasteiger charge is 2.08. The first-order chi connectivity index (χ1) is 9.67.